The number of alkyl carbamates (subject to hydrolysis) is 1. The van der Waals surface area contributed by atoms with Crippen LogP contribution in [0.5, 0.6) is 11.5 Å². The minimum absolute atomic E-state index is 0.0335. The van der Waals surface area contributed by atoms with Crippen molar-refractivity contribution in [2.75, 3.05) is 6.54 Å². The van der Waals surface area contributed by atoms with Crippen LogP contribution >= 0.6 is 0 Å². The highest BCUT2D eigenvalue weighted by atomic mass is 16.6. The third kappa shape index (κ3) is 8.50. The number of rotatable bonds is 9. The lowest BCUT2D eigenvalue weighted by Crippen LogP contribution is -2.42. The Morgan fingerprint density at radius 1 is 0.919 bits per heavy atom. The van der Waals surface area contributed by atoms with Gasteiger partial charge in [-0.25, -0.2) is 4.79 Å². The topological polar surface area (TPSA) is 111 Å². The summed E-state index contributed by atoms with van der Waals surface area (Å²) >= 11 is 0. The van der Waals surface area contributed by atoms with Gasteiger partial charge in [0, 0.05) is 24.1 Å². The van der Waals surface area contributed by atoms with Gasteiger partial charge in [0.25, 0.3) is 17.6 Å². The number of nitrogens with one attached hydrogen (secondary N) is 2. The zero-order chi connectivity index (χ0) is 26.8. The Hall–Kier alpha value is -4.12. The fourth-order valence-corrected chi connectivity index (χ4v) is 3.66. The van der Waals surface area contributed by atoms with Gasteiger partial charge in [-0.05, 0) is 70.0 Å². The van der Waals surface area contributed by atoms with Crippen LogP contribution in [0, 0.1) is 11.8 Å². The average molecular weight is 505 g/mol. The number of carbonyl (C=O) groups excluding carboxylic acids is 4. The molecule has 0 fully saturated rings. The molecule has 194 valence electrons. The number of fused-ring (bicyclic) bond motifs is 1. The maximum Gasteiger partial charge on any atom is 0.407 e. The van der Waals surface area contributed by atoms with Crippen LogP contribution in [0.3, 0.4) is 0 Å². The fourth-order valence-electron chi connectivity index (χ4n) is 3.66. The van der Waals surface area contributed by atoms with Crippen molar-refractivity contribution in [2.24, 2.45) is 0 Å². The molecule has 1 aliphatic heterocycles. The normalized spacial score (nSPS) is 12.7. The highest BCUT2D eigenvalue weighted by Crippen LogP contribution is 2.30. The number of hydrogen-bond acceptors (Lipinski definition) is 6. The van der Waals surface area contributed by atoms with E-state index in [-0.39, 0.29) is 23.0 Å². The van der Waals surface area contributed by atoms with Gasteiger partial charge in [0.1, 0.15) is 17.1 Å². The first-order valence-electron chi connectivity index (χ1n) is 12.4. The number of ether oxygens (including phenoxy) is 2. The number of hydrogen-bond donors (Lipinski definition) is 2. The molecule has 0 saturated carbocycles. The molecule has 0 bridgehead atoms. The monoisotopic (exact) mass is 504 g/mol. The third-order valence-corrected chi connectivity index (χ3v) is 5.39. The minimum atomic E-state index is -0.940. The highest BCUT2D eigenvalue weighted by molar-refractivity contribution is 6.49. The number of benzene rings is 2. The zero-order valence-corrected chi connectivity index (χ0v) is 21.4. The van der Waals surface area contributed by atoms with Crippen LogP contribution in [0.4, 0.5) is 4.79 Å². The molecule has 0 aliphatic carbocycles. The Labute approximate surface area is 217 Å². The molecule has 0 saturated heterocycles. The van der Waals surface area contributed by atoms with Crippen LogP contribution in [-0.4, -0.2) is 35.8 Å². The Balaban J connectivity index is 1.38. The van der Waals surface area contributed by atoms with Crippen molar-refractivity contribution in [3.8, 4) is 23.3 Å². The van der Waals surface area contributed by atoms with E-state index in [2.05, 4.69) is 17.2 Å². The highest BCUT2D eigenvalue weighted by Gasteiger charge is 2.33. The molecule has 0 aromatic heterocycles. The summed E-state index contributed by atoms with van der Waals surface area (Å²) in [5.41, 5.74) is 0.449. The minimum Gasteiger partial charge on any atom is -0.457 e. The standard InChI is InChI=1S/C29H32N2O6/c1-29(2,3)37-28(35)30-19-10-8-6-4-5-7-9-12-20-15-17-21(18-16-20)36-23-14-11-13-22-24(23)26(33)31-27(34)25(22)32/h11,13-18H,4-8,10,19H2,1-3H3,(H,30,35)(H,31,33,34). The molecular weight excluding hydrogens is 472 g/mol. The van der Waals surface area contributed by atoms with Gasteiger partial charge in [0.05, 0.1) is 5.56 Å². The molecule has 1 aliphatic rings. The molecule has 0 radical (unpaired) electrons. The van der Waals surface area contributed by atoms with Crippen LogP contribution < -0.4 is 15.4 Å². The van der Waals surface area contributed by atoms with E-state index >= 15 is 0 Å². The molecule has 1 heterocycles. The summed E-state index contributed by atoms with van der Waals surface area (Å²) in [4.78, 5) is 47.4. The quantitative estimate of drug-likeness (QED) is 0.212. The molecule has 37 heavy (non-hydrogen) atoms. The number of Topliss-reactive ketones (excluding diaryl/α,β-unsaturated/α-hetero) is 1. The van der Waals surface area contributed by atoms with Crippen molar-refractivity contribution in [2.45, 2.75) is 64.9 Å². The van der Waals surface area contributed by atoms with E-state index < -0.39 is 23.2 Å². The van der Waals surface area contributed by atoms with Gasteiger partial charge in [0.2, 0.25) is 0 Å². The Morgan fingerprint density at radius 3 is 2.35 bits per heavy atom. The van der Waals surface area contributed by atoms with E-state index in [0.717, 1.165) is 44.1 Å². The predicted molar refractivity (Wildman–Crippen MR) is 139 cm³/mol. The summed E-state index contributed by atoms with van der Waals surface area (Å²) in [6.45, 7) is 6.14. The summed E-state index contributed by atoms with van der Waals surface area (Å²) in [7, 11) is 0. The number of amides is 3. The second kappa shape index (κ2) is 12.7. The van der Waals surface area contributed by atoms with Crippen LogP contribution in [0.2, 0.25) is 0 Å². The van der Waals surface area contributed by atoms with Crippen LogP contribution in [0.15, 0.2) is 42.5 Å². The molecule has 3 rings (SSSR count). The predicted octanol–water partition coefficient (Wildman–Crippen LogP) is 5.15. The van der Waals surface area contributed by atoms with Crippen molar-refractivity contribution >= 4 is 23.7 Å². The zero-order valence-electron chi connectivity index (χ0n) is 21.4. The van der Waals surface area contributed by atoms with Crippen molar-refractivity contribution < 1.29 is 28.7 Å². The van der Waals surface area contributed by atoms with Crippen molar-refractivity contribution in [1.82, 2.24) is 10.6 Å². The maximum atomic E-state index is 12.2. The van der Waals surface area contributed by atoms with Gasteiger partial charge in [-0.1, -0.05) is 37.2 Å². The van der Waals surface area contributed by atoms with Crippen molar-refractivity contribution in [3.05, 3.63) is 59.2 Å². The molecule has 8 nitrogen and oxygen atoms in total. The van der Waals surface area contributed by atoms with E-state index in [4.69, 9.17) is 9.47 Å². The average Bonchev–Trinajstić information content (AvgIpc) is 2.83. The van der Waals surface area contributed by atoms with E-state index in [1.807, 2.05) is 38.2 Å². The lowest BCUT2D eigenvalue weighted by molar-refractivity contribution is -0.116. The molecule has 2 aromatic carbocycles. The SMILES string of the molecule is CC(C)(C)OC(=O)NCCCCCCCC#Cc1ccc(Oc2cccc3c2C(=O)NC(=O)C3=O)cc1. The number of unbranched alkanes of at least 4 members (excludes halogenated alkanes) is 5. The van der Waals surface area contributed by atoms with Crippen LogP contribution in [0.25, 0.3) is 0 Å². The largest absolute Gasteiger partial charge is 0.457 e. The second-order valence-corrected chi connectivity index (χ2v) is 9.67. The first-order valence-corrected chi connectivity index (χ1v) is 12.4. The summed E-state index contributed by atoms with van der Waals surface area (Å²) in [6, 6.07) is 11.7. The molecule has 0 atom stereocenters. The van der Waals surface area contributed by atoms with Gasteiger partial charge < -0.3 is 14.8 Å². The number of ketones is 1. The van der Waals surface area contributed by atoms with E-state index in [9.17, 15) is 19.2 Å². The summed E-state index contributed by atoms with van der Waals surface area (Å²) in [5.74, 6) is 4.64. The van der Waals surface area contributed by atoms with Gasteiger partial charge in [-0.15, -0.1) is 0 Å². The molecule has 2 N–H and O–H groups in total. The summed E-state index contributed by atoms with van der Waals surface area (Å²) < 4.78 is 11.0. The van der Waals surface area contributed by atoms with Crippen LogP contribution in [0.1, 0.15) is 85.6 Å². The lowest BCUT2D eigenvalue weighted by Gasteiger charge is -2.19. The van der Waals surface area contributed by atoms with Crippen molar-refractivity contribution in [1.29, 1.82) is 0 Å². The fraction of sp³-hybridized carbons (Fsp3) is 0.379. The Kier molecular flexibility index (Phi) is 9.45. The second-order valence-electron chi connectivity index (χ2n) is 9.67. The molecule has 2 aromatic rings. The van der Waals surface area contributed by atoms with E-state index in [1.165, 1.54) is 6.07 Å². The summed E-state index contributed by atoms with van der Waals surface area (Å²) in [5, 5.41) is 4.80. The Bertz CT molecular complexity index is 1220. The van der Waals surface area contributed by atoms with E-state index in [1.54, 1.807) is 24.3 Å². The number of carbonyl (C=O) groups is 4. The van der Waals surface area contributed by atoms with Gasteiger partial charge in [0.15, 0.2) is 0 Å². The smallest absolute Gasteiger partial charge is 0.407 e. The first kappa shape index (κ1) is 27.5. The molecular formula is C29H32N2O6. The van der Waals surface area contributed by atoms with Gasteiger partial charge >= 0.3 is 6.09 Å². The van der Waals surface area contributed by atoms with Crippen molar-refractivity contribution in [3.63, 3.8) is 0 Å². The molecule has 3 amide bonds. The summed E-state index contributed by atoms with van der Waals surface area (Å²) in [6.07, 6.45) is 5.57. The van der Waals surface area contributed by atoms with Crippen LogP contribution in [-0.2, 0) is 9.53 Å². The lowest BCUT2D eigenvalue weighted by atomic mass is 9.98. The molecule has 0 spiro atoms. The van der Waals surface area contributed by atoms with Gasteiger partial charge in [-0.2, -0.15) is 0 Å². The first-order chi connectivity index (χ1) is 17.6. The molecule has 0 unspecified atom stereocenters. The third-order valence-electron chi connectivity index (χ3n) is 5.39. The number of imide groups is 1. The maximum absolute atomic E-state index is 12.2. The van der Waals surface area contributed by atoms with Gasteiger partial charge in [-0.3, -0.25) is 19.7 Å². The molecule has 8 heteroatoms. The Morgan fingerprint density at radius 2 is 1.62 bits per heavy atom. The van der Waals surface area contributed by atoms with E-state index in [0.29, 0.717) is 12.3 Å².